The standard InChI is InChI=1S/C27H22N2O/c1-18-25(27(28)30)16-26(22-14-13-19-7-2-3-9-21(19)15-22)29(18)17-23-11-6-10-20-8-4-5-12-24(20)23/h2-16H,17H2,1H3,(H2,28,30). The van der Waals surface area contributed by atoms with E-state index in [-0.39, 0.29) is 0 Å². The first-order chi connectivity index (χ1) is 14.6. The average Bonchev–Trinajstić information content (AvgIpc) is 3.10. The summed E-state index contributed by atoms with van der Waals surface area (Å²) in [7, 11) is 0. The maximum atomic E-state index is 12.1. The van der Waals surface area contributed by atoms with Crippen molar-refractivity contribution in [2.45, 2.75) is 13.5 Å². The van der Waals surface area contributed by atoms with E-state index in [0.717, 1.165) is 17.0 Å². The van der Waals surface area contributed by atoms with Crippen molar-refractivity contribution in [3.8, 4) is 11.3 Å². The van der Waals surface area contributed by atoms with Crippen molar-refractivity contribution in [3.63, 3.8) is 0 Å². The van der Waals surface area contributed by atoms with E-state index < -0.39 is 5.91 Å². The van der Waals surface area contributed by atoms with Crippen LogP contribution in [0.1, 0.15) is 21.6 Å². The van der Waals surface area contributed by atoms with Crippen molar-refractivity contribution in [2.24, 2.45) is 5.73 Å². The quantitative estimate of drug-likeness (QED) is 0.407. The summed E-state index contributed by atoms with van der Waals surface area (Å²) in [5.74, 6) is -0.397. The third kappa shape index (κ3) is 3.05. The van der Waals surface area contributed by atoms with Gasteiger partial charge in [-0.25, -0.2) is 0 Å². The zero-order chi connectivity index (χ0) is 20.7. The van der Waals surface area contributed by atoms with Crippen molar-refractivity contribution in [1.82, 2.24) is 4.57 Å². The second-order valence-corrected chi connectivity index (χ2v) is 7.68. The third-order valence-electron chi connectivity index (χ3n) is 5.89. The SMILES string of the molecule is Cc1c(C(N)=O)cc(-c2ccc3ccccc3c2)n1Cc1cccc2ccccc12. The van der Waals surface area contributed by atoms with Crippen LogP contribution >= 0.6 is 0 Å². The summed E-state index contributed by atoms with van der Waals surface area (Å²) in [6.07, 6.45) is 0. The summed E-state index contributed by atoms with van der Waals surface area (Å²) in [5.41, 5.74) is 10.4. The Morgan fingerprint density at radius 3 is 2.30 bits per heavy atom. The minimum atomic E-state index is -0.397. The van der Waals surface area contributed by atoms with Crippen molar-refractivity contribution in [2.75, 3.05) is 0 Å². The van der Waals surface area contributed by atoms with Crippen LogP contribution in [0, 0.1) is 6.92 Å². The molecule has 0 aliphatic carbocycles. The number of hydrogen-bond donors (Lipinski definition) is 1. The molecule has 0 bridgehead atoms. The van der Waals surface area contributed by atoms with E-state index in [1.807, 2.05) is 25.1 Å². The molecule has 0 saturated heterocycles. The fourth-order valence-corrected chi connectivity index (χ4v) is 4.29. The lowest BCUT2D eigenvalue weighted by atomic mass is 10.0. The number of nitrogens with zero attached hydrogens (tertiary/aromatic N) is 1. The predicted octanol–water partition coefficient (Wildman–Crippen LogP) is 5.92. The van der Waals surface area contributed by atoms with Gasteiger partial charge in [0.05, 0.1) is 5.56 Å². The highest BCUT2D eigenvalue weighted by Crippen LogP contribution is 2.30. The van der Waals surface area contributed by atoms with Gasteiger partial charge in [-0.2, -0.15) is 0 Å². The number of rotatable bonds is 4. The fraction of sp³-hybridized carbons (Fsp3) is 0.0741. The Kier molecular flexibility index (Phi) is 4.36. The van der Waals surface area contributed by atoms with Crippen molar-refractivity contribution < 1.29 is 4.79 Å². The summed E-state index contributed by atoms with van der Waals surface area (Å²) >= 11 is 0. The molecule has 5 rings (SSSR count). The van der Waals surface area contributed by atoms with Crippen molar-refractivity contribution in [1.29, 1.82) is 0 Å². The molecule has 0 fully saturated rings. The largest absolute Gasteiger partial charge is 0.366 e. The van der Waals surface area contributed by atoms with Gasteiger partial charge in [0.25, 0.3) is 5.91 Å². The molecule has 1 heterocycles. The first kappa shape index (κ1) is 18.2. The lowest BCUT2D eigenvalue weighted by molar-refractivity contribution is 0.0999. The lowest BCUT2D eigenvalue weighted by Crippen LogP contribution is -2.12. The van der Waals surface area contributed by atoms with Gasteiger partial charge in [-0.15, -0.1) is 0 Å². The fourth-order valence-electron chi connectivity index (χ4n) is 4.29. The highest BCUT2D eigenvalue weighted by atomic mass is 16.1. The van der Waals surface area contributed by atoms with Crippen LogP contribution < -0.4 is 5.73 Å². The Balaban J connectivity index is 1.69. The molecule has 0 unspecified atom stereocenters. The number of carbonyl (C=O) groups is 1. The number of carbonyl (C=O) groups excluding carboxylic acids is 1. The van der Waals surface area contributed by atoms with E-state index >= 15 is 0 Å². The van der Waals surface area contributed by atoms with Crippen LogP contribution in [0.15, 0.2) is 91.0 Å². The molecule has 4 aromatic carbocycles. The summed E-state index contributed by atoms with van der Waals surface area (Å²) in [4.78, 5) is 12.1. The molecule has 30 heavy (non-hydrogen) atoms. The number of fused-ring (bicyclic) bond motifs is 2. The summed E-state index contributed by atoms with van der Waals surface area (Å²) in [5, 5.41) is 4.80. The molecule has 0 aliphatic heterocycles. The van der Waals surface area contributed by atoms with Crippen molar-refractivity contribution in [3.05, 3.63) is 108 Å². The summed E-state index contributed by atoms with van der Waals surface area (Å²) in [6, 6.07) is 31.4. The van der Waals surface area contributed by atoms with E-state index in [0.29, 0.717) is 12.1 Å². The van der Waals surface area contributed by atoms with Gasteiger partial charge < -0.3 is 10.3 Å². The second-order valence-electron chi connectivity index (χ2n) is 7.68. The molecule has 0 spiro atoms. The molecule has 1 amide bonds. The molecular formula is C27H22N2O. The molecule has 0 saturated carbocycles. The minimum absolute atomic E-state index is 0.397. The predicted molar refractivity (Wildman–Crippen MR) is 124 cm³/mol. The number of nitrogens with two attached hydrogens (primary N) is 1. The van der Waals surface area contributed by atoms with Gasteiger partial charge >= 0.3 is 0 Å². The molecule has 3 nitrogen and oxygen atoms in total. The van der Waals surface area contributed by atoms with Gasteiger partial charge in [0.15, 0.2) is 0 Å². The third-order valence-corrected chi connectivity index (χ3v) is 5.89. The highest BCUT2D eigenvalue weighted by Gasteiger charge is 2.18. The highest BCUT2D eigenvalue weighted by molar-refractivity contribution is 5.96. The summed E-state index contributed by atoms with van der Waals surface area (Å²) < 4.78 is 2.20. The Hall–Kier alpha value is -3.85. The zero-order valence-corrected chi connectivity index (χ0v) is 16.8. The smallest absolute Gasteiger partial charge is 0.250 e. The Morgan fingerprint density at radius 2 is 1.50 bits per heavy atom. The normalized spacial score (nSPS) is 11.2. The van der Waals surface area contributed by atoms with Crippen LogP contribution in [-0.2, 0) is 6.54 Å². The van der Waals surface area contributed by atoms with Gasteiger partial charge in [0.2, 0.25) is 0 Å². The zero-order valence-electron chi connectivity index (χ0n) is 16.8. The summed E-state index contributed by atoms with van der Waals surface area (Å²) in [6.45, 7) is 2.64. The van der Waals surface area contributed by atoms with Gasteiger partial charge in [-0.3, -0.25) is 4.79 Å². The van der Waals surface area contributed by atoms with E-state index in [1.54, 1.807) is 0 Å². The molecule has 146 valence electrons. The van der Waals surface area contributed by atoms with Gasteiger partial charge in [-0.05, 0) is 51.7 Å². The molecule has 5 aromatic rings. The maximum absolute atomic E-state index is 12.1. The minimum Gasteiger partial charge on any atom is -0.366 e. The van der Waals surface area contributed by atoms with Gasteiger partial charge in [-0.1, -0.05) is 78.9 Å². The first-order valence-corrected chi connectivity index (χ1v) is 10.1. The molecule has 3 heteroatoms. The molecular weight excluding hydrogens is 368 g/mol. The van der Waals surface area contributed by atoms with Crippen LogP contribution in [0.3, 0.4) is 0 Å². The molecule has 0 radical (unpaired) electrons. The molecule has 0 aliphatic rings. The maximum Gasteiger partial charge on any atom is 0.250 e. The van der Waals surface area contributed by atoms with Crippen LogP contribution in [0.25, 0.3) is 32.8 Å². The van der Waals surface area contributed by atoms with Crippen LogP contribution in [0.4, 0.5) is 0 Å². The monoisotopic (exact) mass is 390 g/mol. The van der Waals surface area contributed by atoms with Crippen LogP contribution in [-0.4, -0.2) is 10.5 Å². The van der Waals surface area contributed by atoms with E-state index in [4.69, 9.17) is 5.73 Å². The topological polar surface area (TPSA) is 48.0 Å². The van der Waals surface area contributed by atoms with Crippen LogP contribution in [0.2, 0.25) is 0 Å². The van der Waals surface area contributed by atoms with E-state index in [1.165, 1.54) is 27.1 Å². The first-order valence-electron chi connectivity index (χ1n) is 10.1. The van der Waals surface area contributed by atoms with Gasteiger partial charge in [0.1, 0.15) is 0 Å². The Morgan fingerprint density at radius 1 is 0.800 bits per heavy atom. The Bertz CT molecular complexity index is 1410. The number of aromatic nitrogens is 1. The van der Waals surface area contributed by atoms with Crippen molar-refractivity contribution >= 4 is 27.5 Å². The number of primary amides is 1. The Labute approximate surface area is 175 Å². The van der Waals surface area contributed by atoms with E-state index in [9.17, 15) is 4.79 Å². The number of benzene rings is 4. The second kappa shape index (κ2) is 7.20. The van der Waals surface area contributed by atoms with E-state index in [2.05, 4.69) is 77.4 Å². The van der Waals surface area contributed by atoms with Crippen LogP contribution in [0.5, 0.6) is 0 Å². The number of hydrogen-bond acceptors (Lipinski definition) is 1. The van der Waals surface area contributed by atoms with Gasteiger partial charge in [0, 0.05) is 17.9 Å². The lowest BCUT2D eigenvalue weighted by Gasteiger charge is -2.15. The molecule has 1 aromatic heterocycles. The average molecular weight is 390 g/mol. The molecule has 0 atom stereocenters. The number of amides is 1. The molecule has 2 N–H and O–H groups in total.